The average Bonchev–Trinajstić information content (AvgIpc) is 3.54. The molecule has 0 bridgehead atoms. The van der Waals surface area contributed by atoms with E-state index < -0.39 is 0 Å². The molecule has 8 aromatic carbocycles. The second-order valence-electron chi connectivity index (χ2n) is 22.7. The molecule has 2 heterocycles. The van der Waals surface area contributed by atoms with Crippen molar-refractivity contribution in [1.82, 2.24) is 0 Å². The second-order valence-corrected chi connectivity index (χ2v) is 22.7. The molecule has 0 atom stereocenters. The number of benzene rings is 8. The number of hydrogen-bond donors (Lipinski definition) is 0. The summed E-state index contributed by atoms with van der Waals surface area (Å²) in [5.74, 6) is 0. The highest BCUT2D eigenvalue weighted by Crippen LogP contribution is 2.57. The molecule has 0 N–H and O–H groups in total. The largest absolute Gasteiger partial charge is 0.376 e. The van der Waals surface area contributed by atoms with Gasteiger partial charge >= 0.3 is 6.85 Å². The lowest BCUT2D eigenvalue weighted by molar-refractivity contribution is 0.590. The molecule has 1 aliphatic carbocycles. The normalized spacial score (nSPS) is 14.6. The molecule has 0 spiro atoms. The summed E-state index contributed by atoms with van der Waals surface area (Å²) < 4.78 is 0. The van der Waals surface area contributed by atoms with Crippen molar-refractivity contribution in [1.29, 1.82) is 0 Å². The van der Waals surface area contributed by atoms with Gasteiger partial charge in [0.05, 0.1) is 11.4 Å². The number of rotatable bonds is 4. The Labute approximate surface area is 394 Å². The Hall–Kier alpha value is -6.58. The van der Waals surface area contributed by atoms with Crippen LogP contribution >= 0.6 is 0 Å². The fourth-order valence-electron chi connectivity index (χ4n) is 11.2. The fourth-order valence-corrected chi connectivity index (χ4v) is 11.2. The lowest BCUT2D eigenvalue weighted by Crippen LogP contribution is -2.61. The zero-order valence-corrected chi connectivity index (χ0v) is 40.6. The maximum Gasteiger partial charge on any atom is 0.333 e. The first-order valence-corrected chi connectivity index (χ1v) is 24.0. The third-order valence-corrected chi connectivity index (χ3v) is 14.9. The van der Waals surface area contributed by atoms with Crippen molar-refractivity contribution in [2.24, 2.45) is 0 Å². The lowest BCUT2D eigenvalue weighted by Gasteiger charge is -2.47. The molecule has 2 nitrogen and oxygen atoms in total. The molecular weight excluding hydrogens is 796 g/mol. The van der Waals surface area contributed by atoms with Crippen LogP contribution in [0.3, 0.4) is 0 Å². The summed E-state index contributed by atoms with van der Waals surface area (Å²) in [6.07, 6.45) is 0. The Balaban J connectivity index is 1.33. The zero-order chi connectivity index (χ0) is 46.1. The molecule has 2 aliphatic heterocycles. The van der Waals surface area contributed by atoms with Crippen molar-refractivity contribution in [2.75, 3.05) is 9.71 Å². The minimum absolute atomic E-state index is 0.0308. The van der Waals surface area contributed by atoms with Crippen molar-refractivity contribution in [2.45, 2.75) is 97.8 Å². The van der Waals surface area contributed by atoms with Crippen LogP contribution in [-0.4, -0.2) is 6.85 Å². The van der Waals surface area contributed by atoms with Gasteiger partial charge in [0.2, 0.25) is 0 Å². The van der Waals surface area contributed by atoms with Crippen molar-refractivity contribution in [3.63, 3.8) is 0 Å². The summed E-state index contributed by atoms with van der Waals surface area (Å²) in [5.41, 5.74) is 25.3. The summed E-state index contributed by atoms with van der Waals surface area (Å²) in [4.78, 5) is 5.39. The van der Waals surface area contributed by atoms with E-state index >= 15 is 0 Å². The third-order valence-electron chi connectivity index (χ3n) is 14.9. The van der Waals surface area contributed by atoms with Crippen LogP contribution < -0.4 is 20.6 Å². The highest BCUT2D eigenvalue weighted by molar-refractivity contribution is 6.93. The van der Waals surface area contributed by atoms with Gasteiger partial charge in [0.25, 0.3) is 0 Å². The molecule has 3 heteroatoms. The van der Waals surface area contributed by atoms with Gasteiger partial charge in [0.1, 0.15) is 0 Å². The quantitative estimate of drug-likeness (QED) is 0.163. The first kappa shape index (κ1) is 42.1. The first-order chi connectivity index (χ1) is 31.4. The van der Waals surface area contributed by atoms with E-state index in [0.717, 1.165) is 0 Å². The van der Waals surface area contributed by atoms with Gasteiger partial charge < -0.3 is 9.71 Å². The summed E-state index contributed by atoms with van der Waals surface area (Å²) in [7, 11) is 0. The molecule has 0 aromatic heterocycles. The van der Waals surface area contributed by atoms with Gasteiger partial charge in [0.15, 0.2) is 0 Å². The maximum absolute atomic E-state index is 2.69. The highest BCUT2D eigenvalue weighted by atomic mass is 15.2. The van der Waals surface area contributed by atoms with E-state index in [2.05, 4.69) is 256 Å². The van der Waals surface area contributed by atoms with E-state index in [4.69, 9.17) is 0 Å². The van der Waals surface area contributed by atoms with Crippen molar-refractivity contribution in [3.05, 3.63) is 198 Å². The van der Waals surface area contributed by atoms with Crippen LogP contribution in [0.25, 0.3) is 44.5 Å². The van der Waals surface area contributed by atoms with Crippen LogP contribution in [-0.2, 0) is 21.7 Å². The van der Waals surface area contributed by atoms with E-state index in [1.807, 2.05) is 0 Å². The monoisotopic (exact) mass is 856 g/mol. The molecule has 0 fully saturated rings. The Morgan fingerprint density at radius 1 is 0.409 bits per heavy atom. The molecule has 326 valence electrons. The predicted octanol–water partition coefficient (Wildman–Crippen LogP) is 15.9. The van der Waals surface area contributed by atoms with E-state index in [9.17, 15) is 0 Å². The average molecular weight is 857 g/mol. The molecule has 0 radical (unpaired) electrons. The van der Waals surface area contributed by atoms with E-state index in [0.29, 0.717) is 0 Å². The van der Waals surface area contributed by atoms with Crippen LogP contribution in [0.5, 0.6) is 0 Å². The Morgan fingerprint density at radius 2 is 1.00 bits per heavy atom. The van der Waals surface area contributed by atoms with Gasteiger partial charge in [-0.25, -0.2) is 0 Å². The number of fused-ring (bicyclic) bond motifs is 8. The molecule has 3 aliphatic rings. The minimum Gasteiger partial charge on any atom is -0.376 e. The summed E-state index contributed by atoms with van der Waals surface area (Å²) >= 11 is 0. The molecule has 0 unspecified atom stereocenters. The first-order valence-electron chi connectivity index (χ1n) is 24.0. The molecule has 8 aromatic rings. The van der Waals surface area contributed by atoms with E-state index in [1.165, 1.54) is 112 Å². The van der Waals surface area contributed by atoms with Crippen molar-refractivity contribution >= 4 is 46.2 Å². The van der Waals surface area contributed by atoms with Crippen LogP contribution in [0.2, 0.25) is 0 Å². The Bertz CT molecular complexity index is 3210. The molecule has 66 heavy (non-hydrogen) atoms. The number of nitrogens with zero attached hydrogens (tertiary/aromatic N) is 2. The van der Waals surface area contributed by atoms with Crippen LogP contribution in [0, 0.1) is 0 Å². The Morgan fingerprint density at radius 3 is 1.67 bits per heavy atom. The van der Waals surface area contributed by atoms with Crippen molar-refractivity contribution in [3.8, 4) is 44.5 Å². The predicted molar refractivity (Wildman–Crippen MR) is 285 cm³/mol. The SMILES string of the molecule is CC(C)(C)c1ccc(N2B3c4ccc5c(c4N(c4ccc(C(C)(C)C)cc4-c4ccccc4)c4cc(-c6ccccc6)cc(c43)-c3ccc(C(C)(C)C)cc32)-c2ccccc2C5(C)C)cc1. The van der Waals surface area contributed by atoms with Gasteiger partial charge in [-0.2, -0.15) is 0 Å². The summed E-state index contributed by atoms with van der Waals surface area (Å²) in [6.45, 7) is 25.6. The number of hydrogen-bond acceptors (Lipinski definition) is 2. The van der Waals surface area contributed by atoms with Gasteiger partial charge in [-0.05, 0) is 125 Å². The topological polar surface area (TPSA) is 6.48 Å². The third kappa shape index (κ3) is 6.52. The molecule has 0 amide bonds. The van der Waals surface area contributed by atoms with E-state index in [-0.39, 0.29) is 28.5 Å². The van der Waals surface area contributed by atoms with Crippen LogP contribution in [0.4, 0.5) is 28.4 Å². The maximum atomic E-state index is 2.69. The van der Waals surface area contributed by atoms with E-state index in [1.54, 1.807) is 0 Å². The zero-order valence-electron chi connectivity index (χ0n) is 40.6. The van der Waals surface area contributed by atoms with Crippen LogP contribution in [0.15, 0.2) is 170 Å². The summed E-state index contributed by atoms with van der Waals surface area (Å²) in [5, 5.41) is 0. The highest BCUT2D eigenvalue weighted by Gasteiger charge is 2.49. The lowest BCUT2D eigenvalue weighted by atomic mass is 9.43. The Kier molecular flexibility index (Phi) is 9.38. The number of anilines is 5. The van der Waals surface area contributed by atoms with Gasteiger partial charge in [0, 0.05) is 39.2 Å². The summed E-state index contributed by atoms with van der Waals surface area (Å²) in [6, 6.07) is 65.3. The molecule has 0 saturated carbocycles. The molecular formula is C63H61BN2. The second kappa shape index (κ2) is 14.7. The van der Waals surface area contributed by atoms with Gasteiger partial charge in [-0.1, -0.05) is 204 Å². The smallest absolute Gasteiger partial charge is 0.333 e. The standard InChI is InChI=1S/C63H61BN2/c1-60(2,3)43-26-30-46(31-27-43)66-55-39-45(62(7,8)9)28-32-47(55)50-36-42(40-20-14-12-15-21-40)37-56-58(50)64(66)53-34-33-52-57(48-24-18-19-25-51(48)63(52,10)11)59(53)65(56)54-35-29-44(61(4,5)6)38-49(54)41-22-16-13-17-23-41/h12-39H,1-11H3. The minimum atomic E-state index is -0.189. The molecule has 11 rings (SSSR count). The van der Waals surface area contributed by atoms with Gasteiger partial charge in [-0.3, -0.25) is 0 Å². The van der Waals surface area contributed by atoms with Crippen molar-refractivity contribution < 1.29 is 0 Å². The fraction of sp³-hybridized carbons (Fsp3) is 0.238. The van der Waals surface area contributed by atoms with Crippen LogP contribution in [0.1, 0.15) is 104 Å². The molecule has 0 saturated heterocycles. The van der Waals surface area contributed by atoms with Gasteiger partial charge in [-0.15, -0.1) is 0 Å².